The topological polar surface area (TPSA) is 52.6 Å². The number of carbonyl (C=O) groups excluding carboxylic acids is 2. The van der Waals surface area contributed by atoms with E-state index in [1.165, 1.54) is 32.1 Å². The first-order valence-corrected chi connectivity index (χ1v) is 13.3. The van der Waals surface area contributed by atoms with Crippen LogP contribution in [0.4, 0.5) is 25.2 Å². The van der Waals surface area contributed by atoms with E-state index in [1.807, 2.05) is 0 Å². The van der Waals surface area contributed by atoms with Crippen LogP contribution < -0.4 is 21.2 Å². The van der Waals surface area contributed by atoms with E-state index in [-0.39, 0.29) is 33.1 Å². The first-order chi connectivity index (χ1) is 14.5. The second-order valence-corrected chi connectivity index (χ2v) is 11.4. The molecule has 180 valence electrons. The molecule has 0 fully saturated rings. The maximum absolute atomic E-state index is 10.8. The van der Waals surface area contributed by atoms with Gasteiger partial charge in [0, 0.05) is 26.7 Å². The fraction of sp³-hybridized carbons (Fsp3) is 0.300. The van der Waals surface area contributed by atoms with E-state index in [2.05, 4.69) is 48.5 Å². The summed E-state index contributed by atoms with van der Waals surface area (Å²) in [6, 6.07) is 17.0. The van der Waals surface area contributed by atoms with E-state index in [0.29, 0.717) is 13.2 Å². The molecule has 2 aromatic carbocycles. The summed E-state index contributed by atoms with van der Waals surface area (Å²) in [6.07, 6.45) is 1.49. The Bertz CT molecular complexity index is 828. The standard InChI is InChI=1S/C20H22IO4.F6P/c1-15(22)24-13-11-17-3-7-19(8-4-17)21-20-9-5-18(6-10-20)12-14-25-16(2)23;1-7(2,3,4,5)6/h3-10H,11-14H2,1-2H3;/q+1;-1. The third-order valence-electron chi connectivity index (χ3n) is 3.44. The molecule has 0 atom stereocenters. The fourth-order valence-corrected chi connectivity index (χ4v) is 4.34. The van der Waals surface area contributed by atoms with Gasteiger partial charge in [-0.25, -0.2) is 0 Å². The zero-order valence-electron chi connectivity index (χ0n) is 17.2. The number of esters is 2. The number of halogens is 7. The molecule has 0 bridgehead atoms. The van der Waals surface area contributed by atoms with Gasteiger partial charge in [0.25, 0.3) is 0 Å². The molecule has 0 aliphatic carbocycles. The SMILES string of the molecule is CC(=O)OCCc1ccc([I+]c2ccc(CCOC(C)=O)cc2)cc1.F[P-](F)(F)(F)(F)F. The van der Waals surface area contributed by atoms with Crippen molar-refractivity contribution in [2.24, 2.45) is 0 Å². The maximum atomic E-state index is 10.8. The molecule has 0 N–H and O–H groups in total. The van der Waals surface area contributed by atoms with Gasteiger partial charge in [-0.15, -0.1) is 0 Å². The van der Waals surface area contributed by atoms with Crippen LogP contribution in [0.15, 0.2) is 48.5 Å². The average Bonchev–Trinajstić information content (AvgIpc) is 2.61. The van der Waals surface area contributed by atoms with Crippen LogP contribution in [0.3, 0.4) is 0 Å². The molecule has 0 amide bonds. The Morgan fingerprint density at radius 2 is 0.969 bits per heavy atom. The summed E-state index contributed by atoms with van der Waals surface area (Å²) in [5.74, 6) is -0.474. The molecule has 0 radical (unpaired) electrons. The minimum atomic E-state index is -10.7. The van der Waals surface area contributed by atoms with Gasteiger partial charge in [-0.2, -0.15) is 0 Å². The van der Waals surface area contributed by atoms with E-state index in [0.717, 1.165) is 12.8 Å². The van der Waals surface area contributed by atoms with Gasteiger partial charge >= 0.3 is 66.1 Å². The number of carbonyl (C=O) groups is 2. The van der Waals surface area contributed by atoms with Crippen molar-refractivity contribution in [2.45, 2.75) is 26.7 Å². The van der Waals surface area contributed by atoms with Crippen LogP contribution in [0.2, 0.25) is 0 Å². The average molecular weight is 598 g/mol. The molecule has 12 heteroatoms. The first-order valence-electron chi connectivity index (χ1n) is 9.14. The number of ether oxygens (including phenoxy) is 2. The van der Waals surface area contributed by atoms with Crippen LogP contribution in [-0.4, -0.2) is 25.2 Å². The second-order valence-electron chi connectivity index (χ2n) is 6.49. The van der Waals surface area contributed by atoms with E-state index in [9.17, 15) is 34.8 Å². The quantitative estimate of drug-likeness (QED) is 0.203. The van der Waals surface area contributed by atoms with Gasteiger partial charge in [-0.3, -0.25) is 9.59 Å². The molecule has 0 aliphatic heterocycles. The van der Waals surface area contributed by atoms with Crippen molar-refractivity contribution in [3.8, 4) is 0 Å². The predicted octanol–water partition coefficient (Wildman–Crippen LogP) is 3.41. The van der Waals surface area contributed by atoms with Gasteiger partial charge < -0.3 is 9.47 Å². The second kappa shape index (κ2) is 10.8. The first kappa shape index (κ1) is 28.2. The summed E-state index contributed by atoms with van der Waals surface area (Å²) >= 11 is -0.216. The fourth-order valence-electron chi connectivity index (χ4n) is 2.18. The molecule has 0 spiro atoms. The molecule has 0 saturated carbocycles. The summed E-state index contributed by atoms with van der Waals surface area (Å²) in [5.41, 5.74) is 2.35. The van der Waals surface area contributed by atoms with Crippen molar-refractivity contribution in [2.75, 3.05) is 13.2 Å². The Balaban J connectivity index is 0.000000633. The van der Waals surface area contributed by atoms with Crippen molar-refractivity contribution < 1.29 is 65.4 Å². The molecular weight excluding hydrogens is 576 g/mol. The molecule has 0 aromatic heterocycles. The molecular formula is C20H22F6IO4P. The Labute approximate surface area is 191 Å². The Morgan fingerprint density at radius 1 is 0.688 bits per heavy atom. The number of hydrogen-bond acceptors (Lipinski definition) is 4. The van der Waals surface area contributed by atoms with Crippen molar-refractivity contribution in [3.05, 3.63) is 66.8 Å². The van der Waals surface area contributed by atoms with E-state index < -0.39 is 7.81 Å². The van der Waals surface area contributed by atoms with Crippen LogP contribution in [0, 0.1) is 7.14 Å². The van der Waals surface area contributed by atoms with Crippen LogP contribution >= 0.6 is 7.81 Å². The molecule has 0 unspecified atom stereocenters. The van der Waals surface area contributed by atoms with Crippen LogP contribution in [-0.2, 0) is 31.9 Å². The van der Waals surface area contributed by atoms with Crippen LogP contribution in [0.5, 0.6) is 0 Å². The Kier molecular flexibility index (Phi) is 9.52. The van der Waals surface area contributed by atoms with Gasteiger partial charge in [0.1, 0.15) is 0 Å². The van der Waals surface area contributed by atoms with Gasteiger partial charge in [0.2, 0.25) is 0 Å². The summed E-state index contributed by atoms with van der Waals surface area (Å²) in [5, 5.41) is 0. The van der Waals surface area contributed by atoms with Gasteiger partial charge in [0.15, 0.2) is 7.14 Å². The van der Waals surface area contributed by atoms with E-state index in [1.54, 1.807) is 0 Å². The number of benzene rings is 2. The van der Waals surface area contributed by atoms with Gasteiger partial charge in [0.05, 0.1) is 13.2 Å². The molecule has 32 heavy (non-hydrogen) atoms. The Morgan fingerprint density at radius 3 is 1.22 bits per heavy atom. The monoisotopic (exact) mass is 598 g/mol. The molecule has 0 heterocycles. The Hall–Kier alpha value is -1.88. The third kappa shape index (κ3) is 17.8. The molecule has 2 aromatic rings. The van der Waals surface area contributed by atoms with Crippen molar-refractivity contribution in [1.82, 2.24) is 0 Å². The van der Waals surface area contributed by atoms with Crippen molar-refractivity contribution in [3.63, 3.8) is 0 Å². The number of hydrogen-bond donors (Lipinski definition) is 0. The number of rotatable bonds is 8. The molecule has 0 saturated heterocycles. The van der Waals surface area contributed by atoms with E-state index >= 15 is 0 Å². The molecule has 0 aliphatic rings. The minimum absolute atomic E-state index is 0.216. The van der Waals surface area contributed by atoms with Crippen molar-refractivity contribution >= 4 is 19.7 Å². The zero-order chi connectivity index (χ0) is 24.5. The molecule has 2 rings (SSSR count). The van der Waals surface area contributed by atoms with Crippen LogP contribution in [0.1, 0.15) is 25.0 Å². The van der Waals surface area contributed by atoms with Crippen molar-refractivity contribution in [1.29, 1.82) is 0 Å². The summed E-state index contributed by atoms with van der Waals surface area (Å²) in [7, 11) is -10.7. The third-order valence-corrected chi connectivity index (χ3v) is 6.12. The predicted molar refractivity (Wildman–Crippen MR) is 105 cm³/mol. The van der Waals surface area contributed by atoms with E-state index in [4.69, 9.17) is 9.47 Å². The summed E-state index contributed by atoms with van der Waals surface area (Å²) < 4.78 is 71.8. The normalized spacial score (nSPS) is 13.1. The summed E-state index contributed by atoms with van der Waals surface area (Å²) in [6.45, 7) is 3.71. The molecule has 4 nitrogen and oxygen atoms in total. The van der Waals surface area contributed by atoms with Gasteiger partial charge in [-0.1, -0.05) is 24.3 Å². The zero-order valence-corrected chi connectivity index (χ0v) is 20.2. The van der Waals surface area contributed by atoms with Gasteiger partial charge in [-0.05, 0) is 35.4 Å². The summed E-state index contributed by atoms with van der Waals surface area (Å²) in [4.78, 5) is 21.5. The van der Waals surface area contributed by atoms with Crippen LogP contribution in [0.25, 0.3) is 0 Å².